The number of nitrogens with zero attached hydrogens (tertiary/aromatic N) is 1. The molecule has 0 saturated carbocycles. The molecule has 0 bridgehead atoms. The summed E-state index contributed by atoms with van der Waals surface area (Å²) in [6.45, 7) is 2.03. The van der Waals surface area contributed by atoms with Crippen molar-refractivity contribution in [2.45, 2.75) is 6.92 Å². The minimum Gasteiger partial charge on any atom is -0.456 e. The highest BCUT2D eigenvalue weighted by atomic mass is 79.9. The number of halogens is 1. The molecule has 2 rings (SSSR count). The van der Waals surface area contributed by atoms with Gasteiger partial charge >= 0.3 is 0 Å². The molecule has 0 aliphatic heterocycles. The van der Waals surface area contributed by atoms with Gasteiger partial charge in [-0.3, -0.25) is 0 Å². The minimum absolute atomic E-state index is 0.445. The number of hydrogen-bond acceptors (Lipinski definition) is 3. The Morgan fingerprint density at radius 2 is 2.06 bits per heavy atom. The Kier molecular flexibility index (Phi) is 3.10. The fourth-order valence-corrected chi connectivity index (χ4v) is 1.88. The summed E-state index contributed by atoms with van der Waals surface area (Å²) in [5, 5.41) is 0. The van der Waals surface area contributed by atoms with Gasteiger partial charge in [-0.1, -0.05) is 6.07 Å². The van der Waals surface area contributed by atoms with Crippen molar-refractivity contribution in [2.24, 2.45) is 0 Å². The number of rotatable bonds is 2. The Morgan fingerprint density at radius 1 is 1.25 bits per heavy atom. The predicted octanol–water partition coefficient (Wildman–Crippen LogP) is 3.53. The van der Waals surface area contributed by atoms with E-state index < -0.39 is 0 Å². The number of nitrogen functional groups attached to an aromatic ring is 1. The Morgan fingerprint density at radius 3 is 2.75 bits per heavy atom. The Bertz CT molecular complexity index is 514. The van der Waals surface area contributed by atoms with Crippen LogP contribution in [0.25, 0.3) is 0 Å². The molecule has 0 spiro atoms. The van der Waals surface area contributed by atoms with Crippen LogP contribution in [-0.4, -0.2) is 4.98 Å². The van der Waals surface area contributed by atoms with Crippen molar-refractivity contribution in [2.75, 3.05) is 5.73 Å². The van der Waals surface area contributed by atoms with Crippen LogP contribution in [0.2, 0.25) is 0 Å². The van der Waals surface area contributed by atoms with E-state index >= 15 is 0 Å². The molecule has 1 aromatic carbocycles. The molecule has 1 heterocycles. The third-order valence-electron chi connectivity index (χ3n) is 2.07. The highest BCUT2D eigenvalue weighted by Crippen LogP contribution is 2.30. The second kappa shape index (κ2) is 4.53. The van der Waals surface area contributed by atoms with Crippen LogP contribution in [0.15, 0.2) is 41.0 Å². The topological polar surface area (TPSA) is 48.1 Å². The summed E-state index contributed by atoms with van der Waals surface area (Å²) in [6.07, 6.45) is 1.62. The van der Waals surface area contributed by atoms with Crippen molar-refractivity contribution in [3.63, 3.8) is 0 Å². The highest BCUT2D eigenvalue weighted by Gasteiger charge is 2.03. The van der Waals surface area contributed by atoms with E-state index in [-0.39, 0.29) is 0 Å². The molecule has 0 fully saturated rings. The van der Waals surface area contributed by atoms with E-state index in [4.69, 9.17) is 10.5 Å². The number of anilines is 1. The summed E-state index contributed by atoms with van der Waals surface area (Å²) >= 11 is 3.45. The van der Waals surface area contributed by atoms with Crippen molar-refractivity contribution in [1.29, 1.82) is 0 Å². The second-order valence-corrected chi connectivity index (χ2v) is 4.31. The zero-order valence-corrected chi connectivity index (χ0v) is 10.4. The summed E-state index contributed by atoms with van der Waals surface area (Å²) < 4.78 is 6.60. The zero-order valence-electron chi connectivity index (χ0n) is 8.77. The van der Waals surface area contributed by atoms with Gasteiger partial charge in [0.1, 0.15) is 17.3 Å². The molecule has 0 saturated heterocycles. The summed E-state index contributed by atoms with van der Waals surface area (Å²) in [7, 11) is 0. The summed E-state index contributed by atoms with van der Waals surface area (Å²) in [5.74, 6) is 1.88. The number of aromatic nitrogens is 1. The lowest BCUT2D eigenvalue weighted by molar-refractivity contribution is 0.479. The highest BCUT2D eigenvalue weighted by molar-refractivity contribution is 9.10. The second-order valence-electron chi connectivity index (χ2n) is 3.45. The van der Waals surface area contributed by atoms with Gasteiger partial charge in [-0.2, -0.15) is 0 Å². The first kappa shape index (κ1) is 11.0. The lowest BCUT2D eigenvalue weighted by Gasteiger charge is -2.08. The van der Waals surface area contributed by atoms with Crippen LogP contribution in [0.5, 0.6) is 11.5 Å². The van der Waals surface area contributed by atoms with Crippen molar-refractivity contribution < 1.29 is 4.74 Å². The Hall–Kier alpha value is -1.55. The first-order valence-electron chi connectivity index (χ1n) is 4.81. The Labute approximate surface area is 102 Å². The average Bonchev–Trinajstić information content (AvgIpc) is 2.22. The van der Waals surface area contributed by atoms with Crippen LogP contribution in [0.1, 0.15) is 5.56 Å². The normalized spacial score (nSPS) is 10.1. The number of aryl methyl sites for hydroxylation is 1. The van der Waals surface area contributed by atoms with E-state index in [1.165, 1.54) is 5.56 Å². The lowest BCUT2D eigenvalue weighted by atomic mass is 10.2. The fourth-order valence-electron chi connectivity index (χ4n) is 1.31. The first-order chi connectivity index (χ1) is 7.65. The van der Waals surface area contributed by atoms with Crippen molar-refractivity contribution in [3.05, 3.63) is 46.6 Å². The maximum Gasteiger partial charge on any atom is 0.141 e. The van der Waals surface area contributed by atoms with Gasteiger partial charge in [0.2, 0.25) is 0 Å². The van der Waals surface area contributed by atoms with E-state index in [1.54, 1.807) is 18.3 Å². The van der Waals surface area contributed by atoms with Gasteiger partial charge in [0.25, 0.3) is 0 Å². The van der Waals surface area contributed by atoms with E-state index in [2.05, 4.69) is 20.9 Å². The smallest absolute Gasteiger partial charge is 0.141 e. The number of ether oxygens (including phenoxy) is 1. The zero-order chi connectivity index (χ0) is 11.5. The molecule has 16 heavy (non-hydrogen) atoms. The number of pyridine rings is 1. The van der Waals surface area contributed by atoms with E-state index in [0.717, 1.165) is 10.2 Å². The molecule has 0 radical (unpaired) electrons. The van der Waals surface area contributed by atoms with E-state index in [1.807, 2.05) is 25.1 Å². The van der Waals surface area contributed by atoms with Gasteiger partial charge in [0.05, 0.1) is 4.47 Å². The summed E-state index contributed by atoms with van der Waals surface area (Å²) in [5.41, 5.74) is 6.75. The monoisotopic (exact) mass is 278 g/mol. The third-order valence-corrected chi connectivity index (χ3v) is 2.69. The molecule has 0 aliphatic rings. The van der Waals surface area contributed by atoms with Gasteiger partial charge in [-0.25, -0.2) is 4.98 Å². The molecule has 0 unspecified atom stereocenters. The van der Waals surface area contributed by atoms with E-state index in [9.17, 15) is 0 Å². The molecule has 3 nitrogen and oxygen atoms in total. The standard InChI is InChI=1S/C12H11BrN2O/c1-8-2-3-11(10(13)6-8)16-9-4-5-15-12(14)7-9/h2-7H,1H3,(H2,14,15). The van der Waals surface area contributed by atoms with Gasteiger partial charge in [-0.15, -0.1) is 0 Å². The van der Waals surface area contributed by atoms with Gasteiger partial charge in [0, 0.05) is 12.3 Å². The van der Waals surface area contributed by atoms with Crippen molar-refractivity contribution in [1.82, 2.24) is 4.98 Å². The van der Waals surface area contributed by atoms with Gasteiger partial charge < -0.3 is 10.5 Å². The van der Waals surface area contributed by atoms with E-state index in [0.29, 0.717) is 11.6 Å². The molecule has 4 heteroatoms. The molecule has 0 amide bonds. The SMILES string of the molecule is Cc1ccc(Oc2ccnc(N)c2)c(Br)c1. The largest absolute Gasteiger partial charge is 0.456 e. The average molecular weight is 279 g/mol. The lowest BCUT2D eigenvalue weighted by Crippen LogP contribution is -1.91. The molecule has 0 atom stereocenters. The van der Waals surface area contributed by atoms with Crippen LogP contribution < -0.4 is 10.5 Å². The van der Waals surface area contributed by atoms with Crippen molar-refractivity contribution in [3.8, 4) is 11.5 Å². The minimum atomic E-state index is 0.445. The van der Waals surface area contributed by atoms with Crippen molar-refractivity contribution >= 4 is 21.7 Å². The van der Waals surface area contributed by atoms with Gasteiger partial charge in [-0.05, 0) is 46.6 Å². The molecular weight excluding hydrogens is 268 g/mol. The Balaban J connectivity index is 2.27. The molecule has 2 aromatic rings. The molecule has 82 valence electrons. The third kappa shape index (κ3) is 2.52. The quantitative estimate of drug-likeness (QED) is 0.914. The number of nitrogens with two attached hydrogens (primary N) is 1. The van der Waals surface area contributed by atoms with Gasteiger partial charge in [0.15, 0.2) is 0 Å². The molecule has 1 aromatic heterocycles. The predicted molar refractivity (Wildman–Crippen MR) is 67.6 cm³/mol. The van der Waals surface area contributed by atoms with Crippen LogP contribution in [0.4, 0.5) is 5.82 Å². The number of hydrogen-bond donors (Lipinski definition) is 1. The fraction of sp³-hybridized carbons (Fsp3) is 0.0833. The maximum absolute atomic E-state index is 5.68. The van der Waals surface area contributed by atoms with Crippen LogP contribution >= 0.6 is 15.9 Å². The van der Waals surface area contributed by atoms with Crippen LogP contribution in [0.3, 0.4) is 0 Å². The summed E-state index contributed by atoms with van der Waals surface area (Å²) in [6, 6.07) is 9.36. The van der Waals surface area contributed by atoms with Crippen LogP contribution in [-0.2, 0) is 0 Å². The molecule has 0 aliphatic carbocycles. The molecular formula is C12H11BrN2O. The molecule has 2 N–H and O–H groups in total. The number of benzene rings is 1. The summed E-state index contributed by atoms with van der Waals surface area (Å²) in [4.78, 5) is 3.90. The first-order valence-corrected chi connectivity index (χ1v) is 5.60. The van der Waals surface area contributed by atoms with Crippen LogP contribution in [0, 0.1) is 6.92 Å². The maximum atomic E-state index is 5.68.